The van der Waals surface area contributed by atoms with Crippen LogP contribution in [0.4, 0.5) is 0 Å². The Morgan fingerprint density at radius 3 is 1.22 bits per heavy atom. The molecule has 0 fully saturated rings. The molecule has 6 rings (SSSR count). The number of hydrogen-bond acceptors (Lipinski definition) is 12. The van der Waals surface area contributed by atoms with Crippen LogP contribution in [0.2, 0.25) is 0 Å². The molecule has 290 valence electrons. The van der Waals surface area contributed by atoms with Crippen LogP contribution in [-0.2, 0) is 9.47 Å². The summed E-state index contributed by atoms with van der Waals surface area (Å²) in [4.78, 5) is 36.5. The second-order valence-electron chi connectivity index (χ2n) is 12.3. The number of nitriles is 2. The third-order valence-corrected chi connectivity index (χ3v) is 10.3. The van der Waals surface area contributed by atoms with E-state index in [2.05, 4.69) is 12.1 Å². The molecule has 0 aliphatic carbocycles. The van der Waals surface area contributed by atoms with Gasteiger partial charge in [-0.3, -0.25) is 0 Å². The van der Waals surface area contributed by atoms with Gasteiger partial charge in [0.05, 0.1) is 46.9 Å². The number of esters is 2. The van der Waals surface area contributed by atoms with Gasteiger partial charge < -0.3 is 18.9 Å². The minimum Gasteiger partial charge on any atom is -0.490 e. The van der Waals surface area contributed by atoms with Crippen molar-refractivity contribution in [3.63, 3.8) is 0 Å². The predicted molar refractivity (Wildman–Crippen MR) is 226 cm³/mol. The van der Waals surface area contributed by atoms with Crippen molar-refractivity contribution >= 4 is 35.5 Å². The fraction of sp³-hybridized carbons (Fsp3) is 0.174. The Morgan fingerprint density at radius 2 is 0.914 bits per heavy atom. The summed E-state index contributed by atoms with van der Waals surface area (Å²) in [6.45, 7) is 4.23. The van der Waals surface area contributed by atoms with Crippen molar-refractivity contribution in [3.05, 3.63) is 131 Å². The molecule has 4 aromatic carbocycles. The van der Waals surface area contributed by atoms with E-state index in [-0.39, 0.29) is 48.7 Å². The molecule has 0 radical (unpaired) electrons. The summed E-state index contributed by atoms with van der Waals surface area (Å²) in [6, 6.07) is 37.6. The summed E-state index contributed by atoms with van der Waals surface area (Å²) in [7, 11) is 0. The Hall–Kier alpha value is -6.60. The maximum atomic E-state index is 13.5. The number of carbonyl (C=O) groups excluding carboxylic acids is 2. The summed E-state index contributed by atoms with van der Waals surface area (Å²) in [6.07, 6.45) is 3.69. The lowest BCUT2D eigenvalue weighted by molar-refractivity contribution is 0.0518. The summed E-state index contributed by atoms with van der Waals surface area (Å²) >= 11 is 2.67. The van der Waals surface area contributed by atoms with Gasteiger partial charge in [0.15, 0.2) is 0 Å². The van der Waals surface area contributed by atoms with E-state index in [1.54, 1.807) is 62.4 Å². The Morgan fingerprint density at radius 1 is 0.552 bits per heavy atom. The SMILES string of the molecule is CCOC(=O)c1c(-c2ccccc2)nc(SC)c(C#N)c1-c1ccc(OCCOc2ccc(-c3c(C#N)c(SC)nc(-c4ccccc4)c3C(=O)OCC)cc2)cc1. The number of benzene rings is 4. The molecule has 0 N–H and O–H groups in total. The van der Waals surface area contributed by atoms with Gasteiger partial charge >= 0.3 is 11.9 Å². The van der Waals surface area contributed by atoms with Gasteiger partial charge in [0.2, 0.25) is 0 Å². The summed E-state index contributed by atoms with van der Waals surface area (Å²) < 4.78 is 23.0. The minimum absolute atomic E-state index is 0.162. The van der Waals surface area contributed by atoms with E-state index >= 15 is 0 Å². The van der Waals surface area contributed by atoms with Crippen LogP contribution in [0, 0.1) is 22.7 Å². The number of nitrogens with zero attached hydrogens (tertiary/aromatic N) is 4. The third kappa shape index (κ3) is 8.84. The summed E-state index contributed by atoms with van der Waals surface area (Å²) in [5.74, 6) is -0.00142. The number of hydrogen-bond donors (Lipinski definition) is 0. The molecule has 0 unspecified atom stereocenters. The molecule has 58 heavy (non-hydrogen) atoms. The molecule has 2 heterocycles. The molecule has 0 amide bonds. The van der Waals surface area contributed by atoms with Crippen LogP contribution in [0.1, 0.15) is 45.7 Å². The molecule has 0 spiro atoms. The normalized spacial score (nSPS) is 10.6. The van der Waals surface area contributed by atoms with E-state index in [1.165, 1.54) is 23.5 Å². The molecule has 0 aliphatic heterocycles. The number of thioether (sulfide) groups is 2. The molecule has 2 aromatic heterocycles. The molecule has 12 heteroatoms. The average Bonchev–Trinajstić information content (AvgIpc) is 3.27. The van der Waals surface area contributed by atoms with Crippen LogP contribution in [-0.4, -0.2) is 60.8 Å². The first-order valence-corrected chi connectivity index (χ1v) is 20.8. The number of carbonyl (C=O) groups is 2. The topological polar surface area (TPSA) is 144 Å². The van der Waals surface area contributed by atoms with Gasteiger partial charge in [0, 0.05) is 22.3 Å². The van der Waals surface area contributed by atoms with E-state index < -0.39 is 11.9 Å². The van der Waals surface area contributed by atoms with Crippen LogP contribution in [0.15, 0.2) is 119 Å². The Labute approximate surface area is 345 Å². The van der Waals surface area contributed by atoms with Gasteiger partial charge in [-0.2, -0.15) is 10.5 Å². The highest BCUT2D eigenvalue weighted by atomic mass is 32.2. The van der Waals surface area contributed by atoms with Gasteiger partial charge in [-0.15, -0.1) is 23.5 Å². The third-order valence-electron chi connectivity index (χ3n) is 8.90. The molecule has 10 nitrogen and oxygen atoms in total. The van der Waals surface area contributed by atoms with Crippen LogP contribution < -0.4 is 9.47 Å². The molecule has 0 aliphatic rings. The van der Waals surface area contributed by atoms with Crippen LogP contribution in [0.25, 0.3) is 44.8 Å². The first kappa shape index (κ1) is 41.0. The van der Waals surface area contributed by atoms with Gasteiger partial charge in [0.25, 0.3) is 0 Å². The highest BCUT2D eigenvalue weighted by Gasteiger charge is 2.29. The quantitative estimate of drug-likeness (QED) is 0.0553. The lowest BCUT2D eigenvalue weighted by Gasteiger charge is -2.18. The second-order valence-corrected chi connectivity index (χ2v) is 13.9. The molecule has 0 bridgehead atoms. The van der Waals surface area contributed by atoms with Crippen LogP contribution in [0.5, 0.6) is 11.5 Å². The fourth-order valence-electron chi connectivity index (χ4n) is 6.38. The zero-order valence-corrected chi connectivity index (χ0v) is 33.9. The standard InChI is InChI=1S/C46H38N4O6S2/c1-5-53-45(51)39-37(35(27-47)43(57-3)49-41(39)31-13-9-7-10-14-31)29-17-21-33(22-18-29)55-25-26-56-34-23-19-30(20-24-34)38-36(28-48)44(58-4)50-42(32-15-11-8-12-16-32)40(38)46(52)54-6-2/h7-24H,5-6,25-26H2,1-4H3. The highest BCUT2D eigenvalue weighted by molar-refractivity contribution is 7.98. The lowest BCUT2D eigenvalue weighted by atomic mass is 9.92. The minimum atomic E-state index is -0.564. The van der Waals surface area contributed by atoms with Gasteiger partial charge in [-0.25, -0.2) is 19.6 Å². The predicted octanol–water partition coefficient (Wildman–Crippen LogP) is 10.1. The van der Waals surface area contributed by atoms with Crippen molar-refractivity contribution in [2.24, 2.45) is 0 Å². The van der Waals surface area contributed by atoms with Crippen molar-refractivity contribution in [3.8, 4) is 68.4 Å². The van der Waals surface area contributed by atoms with Crippen molar-refractivity contribution < 1.29 is 28.5 Å². The van der Waals surface area contributed by atoms with Crippen molar-refractivity contribution in [1.82, 2.24) is 9.97 Å². The highest BCUT2D eigenvalue weighted by Crippen LogP contribution is 2.40. The Balaban J connectivity index is 1.22. The monoisotopic (exact) mass is 806 g/mol. The largest absolute Gasteiger partial charge is 0.490 e. The number of aromatic nitrogens is 2. The smallest absolute Gasteiger partial charge is 0.341 e. The zero-order valence-electron chi connectivity index (χ0n) is 32.3. The van der Waals surface area contributed by atoms with E-state index in [0.717, 1.165) is 11.1 Å². The lowest BCUT2D eigenvalue weighted by Crippen LogP contribution is -2.12. The molecule has 0 atom stereocenters. The number of pyridine rings is 2. The molecule has 0 saturated heterocycles. The Bertz CT molecular complexity index is 2320. The Kier molecular flexibility index (Phi) is 13.8. The van der Waals surface area contributed by atoms with E-state index in [4.69, 9.17) is 28.9 Å². The van der Waals surface area contributed by atoms with Gasteiger partial charge in [-0.1, -0.05) is 84.9 Å². The van der Waals surface area contributed by atoms with Crippen molar-refractivity contribution in [2.75, 3.05) is 38.9 Å². The molecule has 6 aromatic rings. The second kappa shape index (κ2) is 19.5. The number of rotatable bonds is 15. The van der Waals surface area contributed by atoms with E-state index in [9.17, 15) is 20.1 Å². The zero-order chi connectivity index (χ0) is 41.0. The van der Waals surface area contributed by atoms with Crippen LogP contribution >= 0.6 is 23.5 Å². The maximum absolute atomic E-state index is 13.5. The molecule has 0 saturated carbocycles. The molecular weight excluding hydrogens is 769 g/mol. The summed E-state index contributed by atoms with van der Waals surface area (Å²) in [5, 5.41) is 21.6. The van der Waals surface area contributed by atoms with Crippen LogP contribution in [0.3, 0.4) is 0 Å². The van der Waals surface area contributed by atoms with E-state index in [1.807, 2.05) is 73.2 Å². The van der Waals surface area contributed by atoms with Gasteiger partial charge in [-0.05, 0) is 61.8 Å². The molecular formula is C46H38N4O6S2. The first-order chi connectivity index (χ1) is 28.4. The fourth-order valence-corrected chi connectivity index (χ4v) is 7.44. The average molecular weight is 807 g/mol. The van der Waals surface area contributed by atoms with E-state index in [0.29, 0.717) is 55.2 Å². The van der Waals surface area contributed by atoms with Crippen molar-refractivity contribution in [1.29, 1.82) is 10.5 Å². The number of ether oxygens (including phenoxy) is 4. The van der Waals surface area contributed by atoms with Crippen molar-refractivity contribution in [2.45, 2.75) is 23.9 Å². The van der Waals surface area contributed by atoms with Gasteiger partial charge in [0.1, 0.15) is 46.9 Å². The summed E-state index contributed by atoms with van der Waals surface area (Å²) in [5.41, 5.74) is 5.53. The maximum Gasteiger partial charge on any atom is 0.341 e. The first-order valence-electron chi connectivity index (χ1n) is 18.3.